The van der Waals surface area contributed by atoms with E-state index in [4.69, 9.17) is 0 Å². The fraction of sp³-hybridized carbons (Fsp3) is 0.471. The summed E-state index contributed by atoms with van der Waals surface area (Å²) in [7, 11) is 0. The lowest BCUT2D eigenvalue weighted by atomic mass is 9.84. The molecule has 2 heterocycles. The van der Waals surface area contributed by atoms with Crippen molar-refractivity contribution < 1.29 is 18.0 Å². The number of rotatable bonds is 3. The normalized spacial score (nSPS) is 18.1. The van der Waals surface area contributed by atoms with E-state index in [1.54, 1.807) is 13.1 Å². The van der Waals surface area contributed by atoms with Crippen molar-refractivity contribution in [3.05, 3.63) is 47.1 Å². The van der Waals surface area contributed by atoms with Crippen molar-refractivity contribution in [2.75, 3.05) is 0 Å². The number of amides is 1. The second-order valence-corrected chi connectivity index (χ2v) is 6.34. The molecule has 0 radical (unpaired) electrons. The largest absolute Gasteiger partial charge is 0.433 e. The molecule has 1 aliphatic rings. The van der Waals surface area contributed by atoms with Gasteiger partial charge in [-0.3, -0.25) is 14.8 Å². The summed E-state index contributed by atoms with van der Waals surface area (Å²) in [4.78, 5) is 28.3. The molecule has 6 nitrogen and oxygen atoms in total. The van der Waals surface area contributed by atoms with Crippen LogP contribution >= 0.6 is 0 Å². The molecule has 26 heavy (non-hydrogen) atoms. The number of hydrogen-bond acceptors (Lipinski definition) is 5. The predicted octanol–water partition coefficient (Wildman–Crippen LogP) is 2.58. The van der Waals surface area contributed by atoms with Crippen molar-refractivity contribution in [1.82, 2.24) is 25.3 Å². The Labute approximate surface area is 148 Å². The number of alkyl halides is 3. The van der Waals surface area contributed by atoms with Crippen molar-refractivity contribution in [2.24, 2.45) is 5.92 Å². The van der Waals surface area contributed by atoms with E-state index in [1.165, 1.54) is 19.3 Å². The second kappa shape index (κ2) is 6.97. The van der Waals surface area contributed by atoms with Crippen LogP contribution < -0.4 is 5.32 Å². The number of nitrogens with zero attached hydrogens (tertiary/aromatic N) is 4. The van der Waals surface area contributed by atoms with Crippen molar-refractivity contribution >= 4 is 5.91 Å². The summed E-state index contributed by atoms with van der Waals surface area (Å²) < 4.78 is 39.9. The Bertz CT molecular complexity index is 810. The maximum atomic E-state index is 13.3. The van der Waals surface area contributed by atoms with Crippen LogP contribution in [0.4, 0.5) is 13.2 Å². The molecule has 0 aliphatic heterocycles. The van der Waals surface area contributed by atoms with Crippen LogP contribution in [0.25, 0.3) is 0 Å². The first kappa shape index (κ1) is 18.2. The van der Waals surface area contributed by atoms with Gasteiger partial charge < -0.3 is 5.32 Å². The van der Waals surface area contributed by atoms with Gasteiger partial charge in [0.1, 0.15) is 5.82 Å². The first-order valence-electron chi connectivity index (χ1n) is 8.25. The number of halogens is 3. The number of hydrogen-bond donors (Lipinski definition) is 1. The van der Waals surface area contributed by atoms with Gasteiger partial charge in [0.25, 0.3) is 0 Å². The zero-order valence-corrected chi connectivity index (χ0v) is 14.3. The number of carbonyl (C=O) groups excluding carboxylic acids is 1. The third-order valence-electron chi connectivity index (χ3n) is 4.41. The van der Waals surface area contributed by atoms with Gasteiger partial charge in [-0.15, -0.1) is 0 Å². The number of aryl methyl sites for hydroxylation is 2. The molecule has 1 amide bonds. The summed E-state index contributed by atoms with van der Waals surface area (Å²) in [5.41, 5.74) is 0.0731. The summed E-state index contributed by atoms with van der Waals surface area (Å²) in [6.07, 6.45) is 0.756. The first-order chi connectivity index (χ1) is 12.3. The maximum absolute atomic E-state index is 13.3. The minimum atomic E-state index is -4.57. The van der Waals surface area contributed by atoms with Gasteiger partial charge in [-0.2, -0.15) is 13.2 Å². The van der Waals surface area contributed by atoms with E-state index in [2.05, 4.69) is 25.3 Å². The van der Waals surface area contributed by atoms with E-state index in [1.807, 2.05) is 0 Å². The van der Waals surface area contributed by atoms with Crippen LogP contribution in [0.1, 0.15) is 47.9 Å². The Morgan fingerprint density at radius 3 is 2.73 bits per heavy atom. The molecule has 2 aromatic heterocycles. The Morgan fingerprint density at radius 1 is 1.31 bits per heavy atom. The second-order valence-electron chi connectivity index (χ2n) is 6.34. The molecule has 1 unspecified atom stereocenters. The molecule has 0 aromatic carbocycles. The van der Waals surface area contributed by atoms with Crippen molar-refractivity contribution in [2.45, 2.75) is 45.3 Å². The molecule has 0 saturated heterocycles. The van der Waals surface area contributed by atoms with Gasteiger partial charge in [-0.1, -0.05) is 0 Å². The topological polar surface area (TPSA) is 80.7 Å². The van der Waals surface area contributed by atoms with Crippen molar-refractivity contribution in [3.8, 4) is 0 Å². The molecule has 0 saturated carbocycles. The molecular weight excluding hydrogens is 347 g/mol. The lowest BCUT2D eigenvalue weighted by molar-refractivity contribution is -0.142. The average molecular weight is 365 g/mol. The van der Waals surface area contributed by atoms with Gasteiger partial charge in [0.2, 0.25) is 5.91 Å². The fourth-order valence-corrected chi connectivity index (χ4v) is 3.13. The van der Waals surface area contributed by atoms with Crippen LogP contribution in [0.15, 0.2) is 18.6 Å². The minimum Gasteiger partial charge on any atom is -0.348 e. The van der Waals surface area contributed by atoms with Crippen molar-refractivity contribution in [3.63, 3.8) is 0 Å². The Balaban J connectivity index is 1.78. The van der Waals surface area contributed by atoms with Gasteiger partial charge in [0, 0.05) is 29.6 Å². The zero-order chi connectivity index (χ0) is 18.9. The molecule has 138 valence electrons. The zero-order valence-electron chi connectivity index (χ0n) is 14.3. The summed E-state index contributed by atoms with van der Waals surface area (Å²) >= 11 is 0. The van der Waals surface area contributed by atoms with Crippen LogP contribution in [-0.4, -0.2) is 25.8 Å². The summed E-state index contributed by atoms with van der Waals surface area (Å²) in [5, 5.41) is 2.80. The number of aromatic nitrogens is 4. The van der Waals surface area contributed by atoms with E-state index in [0.717, 1.165) is 0 Å². The molecule has 1 N–H and O–H groups in total. The third-order valence-corrected chi connectivity index (χ3v) is 4.41. The Kier molecular flexibility index (Phi) is 4.88. The molecule has 2 atom stereocenters. The van der Waals surface area contributed by atoms with Gasteiger partial charge >= 0.3 is 6.18 Å². The van der Waals surface area contributed by atoms with Gasteiger partial charge in [-0.25, -0.2) is 9.97 Å². The smallest absolute Gasteiger partial charge is 0.348 e. The van der Waals surface area contributed by atoms with E-state index in [9.17, 15) is 18.0 Å². The lowest BCUT2D eigenvalue weighted by Crippen LogP contribution is -2.37. The number of fused-ring (bicyclic) bond motifs is 1. The van der Waals surface area contributed by atoms with Gasteiger partial charge in [-0.05, 0) is 33.1 Å². The monoisotopic (exact) mass is 365 g/mol. The van der Waals surface area contributed by atoms with Crippen LogP contribution in [0.2, 0.25) is 0 Å². The predicted molar refractivity (Wildman–Crippen MR) is 85.9 cm³/mol. The highest BCUT2D eigenvalue weighted by Crippen LogP contribution is 2.36. The molecule has 0 bridgehead atoms. The lowest BCUT2D eigenvalue weighted by Gasteiger charge is -2.26. The van der Waals surface area contributed by atoms with Crippen LogP contribution in [0, 0.1) is 12.8 Å². The van der Waals surface area contributed by atoms with Gasteiger partial charge in [0.15, 0.2) is 5.69 Å². The van der Waals surface area contributed by atoms with Crippen LogP contribution in [-0.2, 0) is 23.8 Å². The van der Waals surface area contributed by atoms with Gasteiger partial charge in [0.05, 0.1) is 17.9 Å². The summed E-state index contributed by atoms with van der Waals surface area (Å²) in [5.74, 6) is -0.771. The van der Waals surface area contributed by atoms with Crippen LogP contribution in [0.3, 0.4) is 0 Å². The molecule has 3 rings (SSSR count). The molecule has 9 heteroatoms. The molecule has 0 spiro atoms. The average Bonchev–Trinajstić information content (AvgIpc) is 2.60. The minimum absolute atomic E-state index is 0.0243. The first-order valence-corrected chi connectivity index (χ1v) is 8.25. The quantitative estimate of drug-likeness (QED) is 0.904. The Hall–Kier alpha value is -2.58. The SMILES string of the molecule is Cc1nc2c(c(C(F)(F)F)n1)CC(C(=O)N[C@H](C)c1cnccn1)CC2. The van der Waals surface area contributed by atoms with E-state index < -0.39 is 17.8 Å². The van der Waals surface area contributed by atoms with E-state index in [0.29, 0.717) is 24.2 Å². The Morgan fingerprint density at radius 2 is 2.08 bits per heavy atom. The van der Waals surface area contributed by atoms with E-state index >= 15 is 0 Å². The molecule has 1 aliphatic carbocycles. The fourth-order valence-electron chi connectivity index (χ4n) is 3.13. The standard InChI is InChI=1S/C17H18F3N5O/c1-9(14-8-21-5-6-22-14)23-16(26)11-3-4-13-12(7-11)15(17(18,19)20)25-10(2)24-13/h5-6,8-9,11H,3-4,7H2,1-2H3,(H,23,26)/t9-,11?/m1/s1. The summed E-state index contributed by atoms with van der Waals surface area (Å²) in [6, 6.07) is -0.381. The maximum Gasteiger partial charge on any atom is 0.433 e. The molecule has 0 fully saturated rings. The highest BCUT2D eigenvalue weighted by Gasteiger charge is 2.40. The highest BCUT2D eigenvalue weighted by atomic mass is 19.4. The highest BCUT2D eigenvalue weighted by molar-refractivity contribution is 5.79. The molecular formula is C17H18F3N5O. The molecule has 2 aromatic rings. The number of carbonyl (C=O) groups is 1. The van der Waals surface area contributed by atoms with Crippen LogP contribution in [0.5, 0.6) is 0 Å². The number of nitrogens with one attached hydrogen (secondary N) is 1. The third kappa shape index (κ3) is 3.81. The van der Waals surface area contributed by atoms with E-state index in [-0.39, 0.29) is 29.8 Å². The van der Waals surface area contributed by atoms with Crippen molar-refractivity contribution in [1.29, 1.82) is 0 Å². The summed E-state index contributed by atoms with van der Waals surface area (Å²) in [6.45, 7) is 3.20.